The Morgan fingerprint density at radius 3 is 2.90 bits per heavy atom. The molecule has 2 aliphatic heterocycles. The van der Waals surface area contributed by atoms with E-state index in [4.69, 9.17) is 15.6 Å². The normalized spacial score (nSPS) is 22.0. The SMILES string of the molecule is C#Cc1c(F)ccc2cc(O)cc(-c3oc(=O)c4c(NCC5CC5)nc(OC[C@@]56CCCN5C[C@H](F)C6)nc4c3C)c12. The molecular formula is C32H30F2N4O4. The number of phenols is 1. The predicted octanol–water partition coefficient (Wildman–Crippen LogP) is 5.31. The monoisotopic (exact) mass is 572 g/mol. The lowest BCUT2D eigenvalue weighted by molar-refractivity contribution is 0.107. The summed E-state index contributed by atoms with van der Waals surface area (Å²) < 4.78 is 41.2. The number of nitrogens with zero attached hydrogens (tertiary/aromatic N) is 3. The number of anilines is 1. The van der Waals surface area contributed by atoms with Crippen molar-refractivity contribution in [3.05, 3.63) is 51.6 Å². The summed E-state index contributed by atoms with van der Waals surface area (Å²) in [6.07, 6.45) is 9.18. The van der Waals surface area contributed by atoms with Crippen LogP contribution in [0.3, 0.4) is 0 Å². The zero-order chi connectivity index (χ0) is 29.2. The van der Waals surface area contributed by atoms with Crippen molar-refractivity contribution in [1.29, 1.82) is 0 Å². The fourth-order valence-corrected chi connectivity index (χ4v) is 6.64. The first-order valence-electron chi connectivity index (χ1n) is 14.3. The molecule has 42 heavy (non-hydrogen) atoms. The largest absolute Gasteiger partial charge is 0.508 e. The molecule has 2 aromatic carbocycles. The van der Waals surface area contributed by atoms with Crippen LogP contribution in [0.2, 0.25) is 0 Å². The molecule has 2 N–H and O–H groups in total. The molecule has 8 nitrogen and oxygen atoms in total. The lowest BCUT2D eigenvalue weighted by Gasteiger charge is -2.30. The number of aryl methyl sites for hydroxylation is 1. The van der Waals surface area contributed by atoms with Crippen LogP contribution in [-0.2, 0) is 0 Å². The average molecular weight is 573 g/mol. The van der Waals surface area contributed by atoms with E-state index in [1.807, 2.05) is 0 Å². The number of benzene rings is 2. The number of fused-ring (bicyclic) bond motifs is 3. The lowest BCUT2D eigenvalue weighted by atomic mass is 9.95. The van der Waals surface area contributed by atoms with Gasteiger partial charge in [-0.2, -0.15) is 9.97 Å². The molecule has 0 unspecified atom stereocenters. The van der Waals surface area contributed by atoms with Gasteiger partial charge in [-0.15, -0.1) is 6.42 Å². The second-order valence-corrected chi connectivity index (χ2v) is 11.8. The van der Waals surface area contributed by atoms with E-state index in [-0.39, 0.29) is 40.6 Å². The molecule has 10 heteroatoms. The van der Waals surface area contributed by atoms with E-state index in [0.717, 1.165) is 32.2 Å². The maximum atomic E-state index is 14.8. The van der Waals surface area contributed by atoms with Gasteiger partial charge in [-0.25, -0.2) is 13.6 Å². The lowest BCUT2D eigenvalue weighted by Crippen LogP contribution is -2.43. The van der Waals surface area contributed by atoms with Crippen molar-refractivity contribution in [3.63, 3.8) is 0 Å². The Balaban J connectivity index is 1.38. The number of phenolic OH excluding ortho intramolecular Hbond substituents is 1. The van der Waals surface area contributed by atoms with Gasteiger partial charge in [0.1, 0.15) is 41.3 Å². The topological polar surface area (TPSA) is 101 Å². The van der Waals surface area contributed by atoms with E-state index < -0.39 is 23.2 Å². The second-order valence-electron chi connectivity index (χ2n) is 11.8. The van der Waals surface area contributed by atoms with Crippen molar-refractivity contribution in [2.24, 2.45) is 5.92 Å². The molecule has 3 fully saturated rings. The molecule has 1 saturated carbocycles. The number of rotatable bonds is 7. The summed E-state index contributed by atoms with van der Waals surface area (Å²) in [6.45, 7) is 3.83. The number of ether oxygens (including phenoxy) is 1. The maximum absolute atomic E-state index is 14.8. The Bertz CT molecular complexity index is 1850. The number of alkyl halides is 1. The van der Waals surface area contributed by atoms with Crippen molar-refractivity contribution >= 4 is 27.5 Å². The van der Waals surface area contributed by atoms with Gasteiger partial charge in [-0.05, 0) is 68.7 Å². The first kappa shape index (κ1) is 26.7. The summed E-state index contributed by atoms with van der Waals surface area (Å²) >= 11 is 0. The highest BCUT2D eigenvalue weighted by molar-refractivity contribution is 6.03. The molecule has 0 spiro atoms. The molecule has 2 aromatic heterocycles. The Labute approximate surface area is 240 Å². The molecule has 216 valence electrons. The van der Waals surface area contributed by atoms with Gasteiger partial charge in [0.25, 0.3) is 0 Å². The van der Waals surface area contributed by atoms with Crippen LogP contribution in [0, 0.1) is 31.0 Å². The summed E-state index contributed by atoms with van der Waals surface area (Å²) in [4.78, 5) is 24.9. The number of hydrogen-bond acceptors (Lipinski definition) is 8. The quantitative estimate of drug-likeness (QED) is 0.287. The highest BCUT2D eigenvalue weighted by Crippen LogP contribution is 2.41. The number of terminal acetylenes is 1. The molecule has 3 aliphatic rings. The van der Waals surface area contributed by atoms with Gasteiger partial charge in [-0.3, -0.25) is 4.90 Å². The molecular weight excluding hydrogens is 542 g/mol. The molecule has 2 atom stereocenters. The minimum absolute atomic E-state index is 0.00810. The van der Waals surface area contributed by atoms with Gasteiger partial charge in [0.05, 0.1) is 16.6 Å². The Morgan fingerprint density at radius 1 is 1.29 bits per heavy atom. The zero-order valence-corrected chi connectivity index (χ0v) is 23.2. The van der Waals surface area contributed by atoms with Crippen LogP contribution >= 0.6 is 0 Å². The minimum atomic E-state index is -0.897. The fraction of sp³-hybridized carbons (Fsp3) is 0.406. The standard InChI is InChI=1S/C32H30F2N4O4/c1-3-22-24(34)8-7-19-11-21(39)12-23(25(19)22)28-17(2)27-26(30(40)42-28)29(35-14-18-5-6-18)37-31(36-27)41-16-32-9-4-10-38(32)15-20(33)13-32/h1,7-8,11-12,18,20,39H,4-6,9-10,13-16H2,2H3,(H,35,36,37)/t20-,32+/m1/s1. The van der Waals surface area contributed by atoms with Gasteiger partial charge < -0.3 is 19.6 Å². The minimum Gasteiger partial charge on any atom is -0.508 e. The van der Waals surface area contributed by atoms with Gasteiger partial charge in [0.15, 0.2) is 0 Å². The first-order valence-corrected chi connectivity index (χ1v) is 14.3. The molecule has 0 amide bonds. The van der Waals surface area contributed by atoms with Gasteiger partial charge in [0.2, 0.25) is 0 Å². The predicted molar refractivity (Wildman–Crippen MR) is 155 cm³/mol. The third kappa shape index (κ3) is 4.43. The third-order valence-corrected chi connectivity index (χ3v) is 8.91. The molecule has 1 aliphatic carbocycles. The molecule has 4 heterocycles. The van der Waals surface area contributed by atoms with Crippen LogP contribution in [0.15, 0.2) is 33.5 Å². The number of aromatic nitrogens is 2. The van der Waals surface area contributed by atoms with Crippen LogP contribution in [0.1, 0.15) is 43.2 Å². The van der Waals surface area contributed by atoms with E-state index in [1.54, 1.807) is 6.92 Å². The van der Waals surface area contributed by atoms with E-state index in [9.17, 15) is 18.7 Å². The van der Waals surface area contributed by atoms with E-state index in [1.165, 1.54) is 24.3 Å². The van der Waals surface area contributed by atoms with Crippen molar-refractivity contribution in [3.8, 4) is 35.4 Å². The van der Waals surface area contributed by atoms with Crippen LogP contribution in [0.5, 0.6) is 11.8 Å². The highest BCUT2D eigenvalue weighted by atomic mass is 19.1. The average Bonchev–Trinajstić information content (AvgIpc) is 3.64. The van der Waals surface area contributed by atoms with Crippen LogP contribution in [0.25, 0.3) is 33.0 Å². The number of halogens is 2. The zero-order valence-electron chi connectivity index (χ0n) is 23.2. The summed E-state index contributed by atoms with van der Waals surface area (Å²) in [6, 6.07) is 5.68. The summed E-state index contributed by atoms with van der Waals surface area (Å²) in [5.74, 6) is 2.58. The first-order chi connectivity index (χ1) is 20.3. The molecule has 4 aromatic rings. The van der Waals surface area contributed by atoms with E-state index in [0.29, 0.717) is 53.1 Å². The second kappa shape index (κ2) is 9.95. The van der Waals surface area contributed by atoms with Crippen molar-refractivity contribution < 1.29 is 23.0 Å². The van der Waals surface area contributed by atoms with Gasteiger partial charge >= 0.3 is 11.6 Å². The van der Waals surface area contributed by atoms with Crippen molar-refractivity contribution in [2.45, 2.75) is 50.7 Å². The summed E-state index contributed by atoms with van der Waals surface area (Å²) in [5, 5.41) is 14.8. The molecule has 0 radical (unpaired) electrons. The van der Waals surface area contributed by atoms with Crippen LogP contribution < -0.4 is 15.7 Å². The van der Waals surface area contributed by atoms with Gasteiger partial charge in [-0.1, -0.05) is 12.0 Å². The van der Waals surface area contributed by atoms with Crippen molar-refractivity contribution in [1.82, 2.24) is 14.9 Å². The summed E-state index contributed by atoms with van der Waals surface area (Å²) in [5.41, 5.74) is -0.0617. The number of aromatic hydroxyl groups is 1. The maximum Gasteiger partial charge on any atom is 0.349 e. The third-order valence-electron chi connectivity index (χ3n) is 8.91. The Kier molecular flexibility index (Phi) is 6.31. The van der Waals surface area contributed by atoms with Crippen LogP contribution in [0.4, 0.5) is 14.6 Å². The van der Waals surface area contributed by atoms with E-state index >= 15 is 0 Å². The highest BCUT2D eigenvalue weighted by Gasteiger charge is 2.49. The number of nitrogens with one attached hydrogen (secondary N) is 1. The fourth-order valence-electron chi connectivity index (χ4n) is 6.64. The molecule has 7 rings (SSSR count). The Hall–Kier alpha value is -4.23. The van der Waals surface area contributed by atoms with Gasteiger partial charge in [0, 0.05) is 36.0 Å². The summed E-state index contributed by atoms with van der Waals surface area (Å²) in [7, 11) is 0. The molecule has 2 saturated heterocycles. The molecule has 0 bridgehead atoms. The Morgan fingerprint density at radius 2 is 2.12 bits per heavy atom. The van der Waals surface area contributed by atoms with Crippen LogP contribution in [-0.4, -0.2) is 57.9 Å². The van der Waals surface area contributed by atoms with Crippen molar-refractivity contribution in [2.75, 3.05) is 31.6 Å². The number of hydrogen-bond donors (Lipinski definition) is 2. The smallest absolute Gasteiger partial charge is 0.349 e. The van der Waals surface area contributed by atoms with E-state index in [2.05, 4.69) is 26.1 Å².